The Morgan fingerprint density at radius 2 is 2.00 bits per heavy atom. The third-order valence-corrected chi connectivity index (χ3v) is 4.34. The Balaban J connectivity index is 1.68. The van der Waals surface area contributed by atoms with Crippen LogP contribution in [-0.4, -0.2) is 32.2 Å². The SMILES string of the molecule is CN=C(NCCOc1ccccc1)NC(C)Cc1ccc(C)s1. The van der Waals surface area contributed by atoms with Crippen LogP contribution in [0.2, 0.25) is 0 Å². The van der Waals surface area contributed by atoms with E-state index in [9.17, 15) is 0 Å². The molecule has 1 unspecified atom stereocenters. The van der Waals surface area contributed by atoms with Crippen molar-refractivity contribution in [3.63, 3.8) is 0 Å². The molecule has 2 N–H and O–H groups in total. The Labute approximate surface area is 142 Å². The number of ether oxygens (including phenoxy) is 1. The first kappa shape index (κ1) is 17.3. The second-order valence-electron chi connectivity index (χ2n) is 5.42. The minimum Gasteiger partial charge on any atom is -0.492 e. The molecule has 0 amide bonds. The highest BCUT2D eigenvalue weighted by molar-refractivity contribution is 7.11. The van der Waals surface area contributed by atoms with Crippen LogP contribution in [0.4, 0.5) is 0 Å². The first-order chi connectivity index (χ1) is 11.2. The molecule has 1 aromatic carbocycles. The second kappa shape index (κ2) is 9.20. The maximum Gasteiger partial charge on any atom is 0.191 e. The fraction of sp³-hybridized carbons (Fsp3) is 0.389. The van der Waals surface area contributed by atoms with E-state index in [1.165, 1.54) is 9.75 Å². The third kappa shape index (κ3) is 6.32. The first-order valence-electron chi connectivity index (χ1n) is 7.87. The van der Waals surface area contributed by atoms with Gasteiger partial charge in [0.1, 0.15) is 12.4 Å². The van der Waals surface area contributed by atoms with Gasteiger partial charge in [-0.2, -0.15) is 0 Å². The summed E-state index contributed by atoms with van der Waals surface area (Å²) in [6.07, 6.45) is 1.000. The highest BCUT2D eigenvalue weighted by Crippen LogP contribution is 2.16. The molecule has 0 aliphatic rings. The zero-order chi connectivity index (χ0) is 16.5. The zero-order valence-electron chi connectivity index (χ0n) is 14.0. The summed E-state index contributed by atoms with van der Waals surface area (Å²) in [5.41, 5.74) is 0. The monoisotopic (exact) mass is 331 g/mol. The van der Waals surface area contributed by atoms with Gasteiger partial charge in [-0.25, -0.2) is 0 Å². The third-order valence-electron chi connectivity index (χ3n) is 3.32. The van der Waals surface area contributed by atoms with Gasteiger partial charge >= 0.3 is 0 Å². The molecule has 1 atom stereocenters. The van der Waals surface area contributed by atoms with Crippen molar-refractivity contribution in [2.75, 3.05) is 20.2 Å². The Morgan fingerprint density at radius 3 is 2.65 bits per heavy atom. The van der Waals surface area contributed by atoms with Crippen molar-refractivity contribution >= 4 is 17.3 Å². The predicted octanol–water partition coefficient (Wildman–Crippen LogP) is 3.23. The van der Waals surface area contributed by atoms with Crippen molar-refractivity contribution in [3.8, 4) is 5.75 Å². The van der Waals surface area contributed by atoms with Gasteiger partial charge in [-0.1, -0.05) is 18.2 Å². The van der Waals surface area contributed by atoms with Gasteiger partial charge < -0.3 is 15.4 Å². The number of nitrogens with zero attached hydrogens (tertiary/aromatic N) is 1. The number of nitrogens with one attached hydrogen (secondary N) is 2. The number of hydrogen-bond acceptors (Lipinski definition) is 3. The van der Waals surface area contributed by atoms with E-state index in [2.05, 4.69) is 41.6 Å². The van der Waals surface area contributed by atoms with Crippen LogP contribution >= 0.6 is 11.3 Å². The molecule has 0 bridgehead atoms. The van der Waals surface area contributed by atoms with Crippen LogP contribution in [0.15, 0.2) is 47.5 Å². The molecule has 4 nitrogen and oxygen atoms in total. The number of para-hydroxylation sites is 1. The molecule has 0 saturated carbocycles. The molecule has 1 aromatic heterocycles. The number of guanidine groups is 1. The summed E-state index contributed by atoms with van der Waals surface area (Å²) in [6.45, 7) is 5.62. The summed E-state index contributed by atoms with van der Waals surface area (Å²) < 4.78 is 5.66. The lowest BCUT2D eigenvalue weighted by molar-refractivity contribution is 0.321. The van der Waals surface area contributed by atoms with Crippen molar-refractivity contribution in [1.82, 2.24) is 10.6 Å². The minimum absolute atomic E-state index is 0.328. The van der Waals surface area contributed by atoms with E-state index in [0.29, 0.717) is 19.2 Å². The number of thiophene rings is 1. The molecular formula is C18H25N3OS. The van der Waals surface area contributed by atoms with Gasteiger partial charge in [0.25, 0.3) is 0 Å². The summed E-state index contributed by atoms with van der Waals surface area (Å²) in [5, 5.41) is 6.69. The molecule has 0 aliphatic heterocycles. The summed E-state index contributed by atoms with van der Waals surface area (Å²) in [7, 11) is 1.79. The van der Waals surface area contributed by atoms with E-state index < -0.39 is 0 Å². The van der Waals surface area contributed by atoms with E-state index in [1.54, 1.807) is 7.05 Å². The van der Waals surface area contributed by atoms with Gasteiger partial charge in [0.15, 0.2) is 5.96 Å². The van der Waals surface area contributed by atoms with Crippen LogP contribution in [-0.2, 0) is 6.42 Å². The Morgan fingerprint density at radius 1 is 1.22 bits per heavy atom. The highest BCUT2D eigenvalue weighted by Gasteiger charge is 2.07. The smallest absolute Gasteiger partial charge is 0.191 e. The quantitative estimate of drug-likeness (QED) is 0.465. The molecule has 0 saturated heterocycles. The van der Waals surface area contributed by atoms with Gasteiger partial charge in [-0.05, 0) is 38.1 Å². The van der Waals surface area contributed by atoms with E-state index in [1.807, 2.05) is 41.7 Å². The minimum atomic E-state index is 0.328. The van der Waals surface area contributed by atoms with Crippen LogP contribution in [0, 0.1) is 6.92 Å². The topological polar surface area (TPSA) is 45.7 Å². The van der Waals surface area contributed by atoms with E-state index in [0.717, 1.165) is 18.1 Å². The molecular weight excluding hydrogens is 306 g/mol. The summed E-state index contributed by atoms with van der Waals surface area (Å²) in [5.74, 6) is 1.70. The molecule has 2 aromatic rings. The van der Waals surface area contributed by atoms with E-state index in [4.69, 9.17) is 4.74 Å². The lowest BCUT2D eigenvalue weighted by Gasteiger charge is -2.17. The number of rotatable bonds is 7. The summed E-state index contributed by atoms with van der Waals surface area (Å²) in [4.78, 5) is 7.01. The van der Waals surface area contributed by atoms with E-state index >= 15 is 0 Å². The largest absolute Gasteiger partial charge is 0.492 e. The summed E-state index contributed by atoms with van der Waals surface area (Å²) in [6, 6.07) is 14.5. The van der Waals surface area contributed by atoms with Gasteiger partial charge in [-0.3, -0.25) is 4.99 Å². The number of aryl methyl sites for hydroxylation is 1. The molecule has 124 valence electrons. The average molecular weight is 331 g/mol. The fourth-order valence-corrected chi connectivity index (χ4v) is 3.25. The second-order valence-corrected chi connectivity index (χ2v) is 6.79. The Kier molecular flexibility index (Phi) is 6.94. The normalized spacial score (nSPS) is 12.7. The molecule has 23 heavy (non-hydrogen) atoms. The fourth-order valence-electron chi connectivity index (χ4n) is 2.23. The molecule has 2 rings (SSSR count). The van der Waals surface area contributed by atoms with Crippen molar-refractivity contribution in [1.29, 1.82) is 0 Å². The van der Waals surface area contributed by atoms with Gasteiger partial charge in [0, 0.05) is 29.3 Å². The predicted molar refractivity (Wildman–Crippen MR) is 98.7 cm³/mol. The van der Waals surface area contributed by atoms with Crippen molar-refractivity contribution in [2.45, 2.75) is 26.3 Å². The van der Waals surface area contributed by atoms with Crippen LogP contribution in [0.3, 0.4) is 0 Å². The number of aliphatic imine (C=N–C) groups is 1. The highest BCUT2D eigenvalue weighted by atomic mass is 32.1. The van der Waals surface area contributed by atoms with Crippen LogP contribution in [0.25, 0.3) is 0 Å². The van der Waals surface area contributed by atoms with Gasteiger partial charge in [0.05, 0.1) is 6.54 Å². The van der Waals surface area contributed by atoms with Crippen molar-refractivity contribution in [3.05, 3.63) is 52.2 Å². The Hall–Kier alpha value is -2.01. The number of benzene rings is 1. The van der Waals surface area contributed by atoms with Crippen molar-refractivity contribution in [2.24, 2.45) is 4.99 Å². The molecule has 1 heterocycles. The van der Waals surface area contributed by atoms with Gasteiger partial charge in [-0.15, -0.1) is 11.3 Å². The maximum atomic E-state index is 5.66. The van der Waals surface area contributed by atoms with Crippen molar-refractivity contribution < 1.29 is 4.74 Å². The van der Waals surface area contributed by atoms with Crippen LogP contribution < -0.4 is 15.4 Å². The maximum absolute atomic E-state index is 5.66. The molecule has 0 spiro atoms. The lowest BCUT2D eigenvalue weighted by atomic mass is 10.2. The Bertz CT molecular complexity index is 610. The molecule has 0 aliphatic carbocycles. The molecule has 0 radical (unpaired) electrons. The van der Waals surface area contributed by atoms with Gasteiger partial charge in [0.2, 0.25) is 0 Å². The standard InChI is InChI=1S/C18H25N3OS/c1-14(13-17-10-9-15(2)23-17)21-18(19-3)20-11-12-22-16-7-5-4-6-8-16/h4-10,14H,11-13H2,1-3H3,(H2,19,20,21). The summed E-state index contributed by atoms with van der Waals surface area (Å²) >= 11 is 1.85. The average Bonchev–Trinajstić information content (AvgIpc) is 2.96. The number of hydrogen-bond donors (Lipinski definition) is 2. The molecule has 0 fully saturated rings. The van der Waals surface area contributed by atoms with Crippen LogP contribution in [0.1, 0.15) is 16.7 Å². The van der Waals surface area contributed by atoms with Crippen LogP contribution in [0.5, 0.6) is 5.75 Å². The molecule has 5 heteroatoms. The lowest BCUT2D eigenvalue weighted by Crippen LogP contribution is -2.44. The van der Waals surface area contributed by atoms with E-state index in [-0.39, 0.29) is 0 Å². The first-order valence-corrected chi connectivity index (χ1v) is 8.69. The zero-order valence-corrected chi connectivity index (χ0v) is 14.8.